The molecule has 1 atom stereocenters. The average Bonchev–Trinajstić information content (AvgIpc) is 2.78. The van der Waals surface area contributed by atoms with Crippen LogP contribution in [0.2, 0.25) is 0 Å². The number of hydrogen-bond donors (Lipinski definition) is 0. The normalized spacial score (nSPS) is 20.0. The van der Waals surface area contributed by atoms with Gasteiger partial charge in [-0.25, -0.2) is 4.98 Å². The lowest BCUT2D eigenvalue weighted by Crippen LogP contribution is -2.39. The number of pyridine rings is 1. The number of fused-ring (bicyclic) bond motifs is 2. The van der Waals surface area contributed by atoms with Gasteiger partial charge in [0.15, 0.2) is 0 Å². The van der Waals surface area contributed by atoms with Crippen LogP contribution in [-0.2, 0) is 5.16 Å². The second-order valence-electron chi connectivity index (χ2n) is 9.16. The fraction of sp³-hybridized carbons (Fsp3) is 0.500. The van der Waals surface area contributed by atoms with Crippen LogP contribution in [0.25, 0.3) is 21.8 Å². The highest BCUT2D eigenvalue weighted by atomic mass is 31.0. The van der Waals surface area contributed by atoms with E-state index in [1.54, 1.807) is 5.56 Å². The maximum absolute atomic E-state index is 5.03. The van der Waals surface area contributed by atoms with E-state index in [4.69, 9.17) is 4.98 Å². The fourth-order valence-electron chi connectivity index (χ4n) is 6.11. The van der Waals surface area contributed by atoms with E-state index in [-0.39, 0.29) is 5.16 Å². The molecule has 1 nitrogen and oxygen atoms in total. The maximum Gasteiger partial charge on any atom is 0.0712 e. The predicted octanol–water partition coefficient (Wildman–Crippen LogP) is 7.62. The zero-order valence-electron chi connectivity index (χ0n) is 16.9. The van der Waals surface area contributed by atoms with Gasteiger partial charge in [0.2, 0.25) is 0 Å². The molecular weight excluding hydrogens is 357 g/mol. The minimum Gasteiger partial charge on any atom is -0.248 e. The van der Waals surface area contributed by atoms with Crippen molar-refractivity contribution in [3.63, 3.8) is 0 Å². The van der Waals surface area contributed by atoms with Crippen LogP contribution in [0.1, 0.15) is 69.8 Å². The Hall–Kier alpha value is -1.46. The van der Waals surface area contributed by atoms with E-state index >= 15 is 0 Å². The number of nitrogens with zero attached hydrogens (tertiary/aromatic N) is 1. The fourth-order valence-corrected chi connectivity index (χ4v) is 7.03. The third-order valence-corrected chi connectivity index (χ3v) is 8.84. The van der Waals surface area contributed by atoms with E-state index in [1.807, 2.05) is 0 Å². The Morgan fingerprint density at radius 3 is 2.00 bits per heavy atom. The lowest BCUT2D eigenvalue weighted by molar-refractivity contribution is 0.175. The van der Waals surface area contributed by atoms with Gasteiger partial charge in [-0.3, -0.25) is 0 Å². The summed E-state index contributed by atoms with van der Waals surface area (Å²) in [7, 11) is 3.45. The largest absolute Gasteiger partial charge is 0.248 e. The van der Waals surface area contributed by atoms with Crippen molar-refractivity contribution in [2.24, 2.45) is 11.8 Å². The van der Waals surface area contributed by atoms with E-state index in [0.29, 0.717) is 0 Å². The lowest BCUT2D eigenvalue weighted by atomic mass is 9.65. The average molecular weight is 390 g/mol. The van der Waals surface area contributed by atoms with Crippen LogP contribution in [0.5, 0.6) is 0 Å². The van der Waals surface area contributed by atoms with E-state index < -0.39 is 0 Å². The van der Waals surface area contributed by atoms with Gasteiger partial charge in [-0.15, -0.1) is 9.24 Å². The summed E-state index contributed by atoms with van der Waals surface area (Å²) in [6, 6.07) is 17.9. The number of rotatable bonds is 3. The molecule has 5 rings (SSSR count). The molecule has 28 heavy (non-hydrogen) atoms. The van der Waals surface area contributed by atoms with Gasteiger partial charge >= 0.3 is 0 Å². The first-order chi connectivity index (χ1) is 13.8. The summed E-state index contributed by atoms with van der Waals surface area (Å²) in [4.78, 5) is 5.03. The molecule has 2 heteroatoms. The van der Waals surface area contributed by atoms with E-state index in [9.17, 15) is 0 Å². The molecule has 0 amide bonds. The third-order valence-electron chi connectivity index (χ3n) is 7.59. The van der Waals surface area contributed by atoms with Crippen LogP contribution < -0.4 is 0 Å². The molecule has 2 aliphatic rings. The van der Waals surface area contributed by atoms with Crippen LogP contribution in [0, 0.1) is 11.8 Å². The second-order valence-corrected chi connectivity index (χ2v) is 10.1. The maximum atomic E-state index is 5.03. The molecule has 0 bridgehead atoms. The molecule has 2 saturated carbocycles. The first-order valence-corrected chi connectivity index (χ1v) is 11.9. The summed E-state index contributed by atoms with van der Waals surface area (Å²) < 4.78 is 0. The Kier molecular flexibility index (Phi) is 5.14. The van der Waals surface area contributed by atoms with Crippen LogP contribution in [0.15, 0.2) is 48.5 Å². The minimum absolute atomic E-state index is 0.199. The van der Waals surface area contributed by atoms with Crippen molar-refractivity contribution in [2.75, 3.05) is 0 Å². The first kappa shape index (κ1) is 18.6. The van der Waals surface area contributed by atoms with E-state index in [0.717, 1.165) is 22.9 Å². The highest BCUT2D eigenvalue weighted by Crippen LogP contribution is 2.56. The highest BCUT2D eigenvalue weighted by molar-refractivity contribution is 7.18. The molecule has 0 N–H and O–H groups in total. The van der Waals surface area contributed by atoms with Crippen molar-refractivity contribution in [1.29, 1.82) is 0 Å². The van der Waals surface area contributed by atoms with Crippen molar-refractivity contribution >= 4 is 31.0 Å². The Labute approximate surface area is 171 Å². The Balaban J connectivity index is 1.71. The molecule has 0 saturated heterocycles. The molecule has 1 unspecified atom stereocenters. The predicted molar refractivity (Wildman–Crippen MR) is 124 cm³/mol. The van der Waals surface area contributed by atoms with Gasteiger partial charge in [0.1, 0.15) is 0 Å². The molecule has 2 fully saturated rings. The quantitative estimate of drug-likeness (QED) is 0.332. The molecule has 146 valence electrons. The van der Waals surface area contributed by atoms with Gasteiger partial charge in [0.05, 0.1) is 11.0 Å². The molecule has 1 aromatic heterocycles. The minimum atomic E-state index is 0.199. The zero-order valence-corrected chi connectivity index (χ0v) is 18.0. The van der Waals surface area contributed by atoms with Gasteiger partial charge in [-0.05, 0) is 61.3 Å². The molecule has 2 aromatic carbocycles. The monoisotopic (exact) mass is 389 g/mol. The Morgan fingerprint density at radius 1 is 0.714 bits per heavy atom. The van der Waals surface area contributed by atoms with Crippen molar-refractivity contribution in [1.82, 2.24) is 4.98 Å². The second kappa shape index (κ2) is 7.75. The summed E-state index contributed by atoms with van der Waals surface area (Å²) in [5.41, 5.74) is 3.82. The lowest BCUT2D eigenvalue weighted by Gasteiger charge is -2.48. The molecule has 3 aromatic rings. The van der Waals surface area contributed by atoms with Gasteiger partial charge in [0, 0.05) is 15.9 Å². The van der Waals surface area contributed by atoms with Crippen LogP contribution >= 0.6 is 9.24 Å². The van der Waals surface area contributed by atoms with Crippen LogP contribution in [0.3, 0.4) is 0 Å². The molecule has 1 heterocycles. The zero-order chi connectivity index (χ0) is 19.0. The SMILES string of the molecule is PC(c1cccc2nc3ccccc3cc12)(C1CCCCC1)C1CCCCC1. The third kappa shape index (κ3) is 3.17. The molecule has 0 radical (unpaired) electrons. The summed E-state index contributed by atoms with van der Waals surface area (Å²) in [5.74, 6) is 1.57. The van der Waals surface area contributed by atoms with Gasteiger partial charge in [-0.2, -0.15) is 0 Å². The highest BCUT2D eigenvalue weighted by Gasteiger charge is 2.44. The number of para-hydroxylation sites is 1. The Morgan fingerprint density at radius 2 is 1.32 bits per heavy atom. The van der Waals surface area contributed by atoms with Gasteiger partial charge in [-0.1, -0.05) is 68.9 Å². The summed E-state index contributed by atoms with van der Waals surface area (Å²) in [6.45, 7) is 0. The van der Waals surface area contributed by atoms with Gasteiger partial charge in [0.25, 0.3) is 0 Å². The van der Waals surface area contributed by atoms with Crippen molar-refractivity contribution in [3.05, 3.63) is 54.1 Å². The summed E-state index contributed by atoms with van der Waals surface area (Å²) in [5, 5.41) is 2.85. The van der Waals surface area contributed by atoms with Gasteiger partial charge < -0.3 is 0 Å². The van der Waals surface area contributed by atoms with Crippen molar-refractivity contribution in [2.45, 2.75) is 69.4 Å². The number of hydrogen-bond acceptors (Lipinski definition) is 1. The summed E-state index contributed by atoms with van der Waals surface area (Å²) >= 11 is 0. The Bertz CT molecular complexity index is 948. The van der Waals surface area contributed by atoms with E-state index in [2.05, 4.69) is 57.8 Å². The van der Waals surface area contributed by atoms with Crippen LogP contribution in [0.4, 0.5) is 0 Å². The first-order valence-electron chi connectivity index (χ1n) is 11.3. The molecule has 0 spiro atoms. The topological polar surface area (TPSA) is 12.9 Å². The molecule has 2 aliphatic carbocycles. The standard InChI is InChI=1S/C26H32NP/c28-26(20-11-3-1-4-12-20,21-13-5-2-6-14-21)23-15-9-17-25-22(23)18-19-10-7-8-16-24(19)27-25/h7-10,15-18,20-21H,1-6,11-14,28H2. The summed E-state index contributed by atoms with van der Waals surface area (Å²) in [6.07, 6.45) is 14.0. The number of benzene rings is 2. The number of aromatic nitrogens is 1. The van der Waals surface area contributed by atoms with Crippen LogP contribution in [-0.4, -0.2) is 4.98 Å². The van der Waals surface area contributed by atoms with Crippen molar-refractivity contribution in [3.8, 4) is 0 Å². The smallest absolute Gasteiger partial charge is 0.0712 e. The molecule has 0 aliphatic heterocycles. The van der Waals surface area contributed by atoms with Crippen molar-refractivity contribution < 1.29 is 0 Å². The van der Waals surface area contributed by atoms with E-state index in [1.165, 1.54) is 75.0 Å². The molecular formula is C26H32NP.